The molecule has 0 aromatic heterocycles. The van der Waals surface area contributed by atoms with Crippen molar-refractivity contribution in [2.24, 2.45) is 0 Å². The number of carbonyl (C=O) groups is 2. The van der Waals surface area contributed by atoms with Crippen molar-refractivity contribution in [2.45, 2.75) is 52.6 Å². The third-order valence-corrected chi connectivity index (χ3v) is 3.69. The number of carbonyl (C=O) groups excluding carboxylic acids is 1. The van der Waals surface area contributed by atoms with E-state index >= 15 is 0 Å². The molecular formula is C13H26N2O3S. The Labute approximate surface area is 120 Å². The Bertz CT molecular complexity index is 303. The minimum atomic E-state index is -0.892. The maximum atomic E-state index is 12.2. The van der Waals surface area contributed by atoms with Gasteiger partial charge in [0.25, 0.3) is 0 Å². The average molecular weight is 290 g/mol. The number of aliphatic carboxylic acids is 1. The monoisotopic (exact) mass is 290 g/mol. The third kappa shape index (κ3) is 7.97. The highest BCUT2D eigenvalue weighted by atomic mass is 32.2. The minimum absolute atomic E-state index is 0.0389. The van der Waals surface area contributed by atoms with Crippen molar-refractivity contribution in [3.8, 4) is 0 Å². The van der Waals surface area contributed by atoms with E-state index < -0.39 is 11.5 Å². The summed E-state index contributed by atoms with van der Waals surface area (Å²) in [5.74, 6) is 0.984. The molecule has 0 radical (unpaired) electrons. The smallest absolute Gasteiger partial charge is 0.318 e. The summed E-state index contributed by atoms with van der Waals surface area (Å²) in [6.07, 6.45) is -0.0389. The maximum Gasteiger partial charge on any atom is 0.318 e. The highest BCUT2D eigenvalue weighted by Crippen LogP contribution is 2.14. The van der Waals surface area contributed by atoms with Crippen molar-refractivity contribution in [2.75, 3.05) is 18.1 Å². The van der Waals surface area contributed by atoms with E-state index in [1.807, 2.05) is 27.7 Å². The molecule has 112 valence electrons. The summed E-state index contributed by atoms with van der Waals surface area (Å²) in [4.78, 5) is 24.4. The van der Waals surface area contributed by atoms with Crippen molar-refractivity contribution >= 4 is 23.8 Å². The van der Waals surface area contributed by atoms with Gasteiger partial charge >= 0.3 is 12.0 Å². The number of hydrogen-bond acceptors (Lipinski definition) is 3. The summed E-state index contributed by atoms with van der Waals surface area (Å²) in [5, 5.41) is 11.7. The molecule has 0 aromatic carbocycles. The van der Waals surface area contributed by atoms with Gasteiger partial charge in [0.2, 0.25) is 0 Å². The predicted molar refractivity (Wildman–Crippen MR) is 79.7 cm³/mol. The van der Waals surface area contributed by atoms with Gasteiger partial charge in [-0.2, -0.15) is 11.8 Å². The minimum Gasteiger partial charge on any atom is -0.481 e. The normalized spacial score (nSPS) is 12.9. The highest BCUT2D eigenvalue weighted by Gasteiger charge is 2.27. The predicted octanol–water partition coefficient (Wildman–Crippen LogP) is 2.41. The fraction of sp³-hybridized carbons (Fsp3) is 0.846. The van der Waals surface area contributed by atoms with Crippen molar-refractivity contribution in [1.29, 1.82) is 0 Å². The second kappa shape index (κ2) is 8.30. The van der Waals surface area contributed by atoms with E-state index in [2.05, 4.69) is 12.2 Å². The fourth-order valence-electron chi connectivity index (χ4n) is 1.57. The fourth-order valence-corrected chi connectivity index (χ4v) is 2.25. The number of carboxylic acids is 1. The van der Waals surface area contributed by atoms with Gasteiger partial charge in [0.1, 0.15) is 0 Å². The molecular weight excluding hydrogens is 264 g/mol. The van der Waals surface area contributed by atoms with Crippen molar-refractivity contribution in [3.63, 3.8) is 0 Å². The number of urea groups is 1. The molecule has 0 aliphatic carbocycles. The van der Waals surface area contributed by atoms with Gasteiger partial charge in [0.05, 0.1) is 6.42 Å². The van der Waals surface area contributed by atoms with Crippen LogP contribution in [0.5, 0.6) is 0 Å². The van der Waals surface area contributed by atoms with Crippen LogP contribution in [0, 0.1) is 0 Å². The SMILES string of the molecule is CCSCC(C)NC(=O)N(CCC(=O)O)C(C)(C)C. The number of rotatable bonds is 7. The summed E-state index contributed by atoms with van der Waals surface area (Å²) in [6.45, 7) is 9.96. The van der Waals surface area contributed by atoms with Gasteiger partial charge in [-0.05, 0) is 33.4 Å². The van der Waals surface area contributed by atoms with Crippen LogP contribution >= 0.6 is 11.8 Å². The Balaban J connectivity index is 4.50. The zero-order valence-electron chi connectivity index (χ0n) is 12.5. The molecule has 0 spiro atoms. The standard InChI is InChI=1S/C13H26N2O3S/c1-6-19-9-10(2)14-12(18)15(13(3,4)5)8-7-11(16)17/h10H,6-9H2,1-5H3,(H,14,18)(H,16,17). The largest absolute Gasteiger partial charge is 0.481 e. The average Bonchev–Trinajstić information content (AvgIpc) is 2.24. The van der Waals surface area contributed by atoms with E-state index in [0.717, 1.165) is 11.5 Å². The second-order valence-corrected chi connectivity index (χ2v) is 6.80. The van der Waals surface area contributed by atoms with Gasteiger partial charge in [-0.1, -0.05) is 6.92 Å². The molecule has 0 aromatic rings. The molecule has 0 saturated heterocycles. The summed E-state index contributed by atoms with van der Waals surface area (Å²) in [6, 6.07) is -0.120. The summed E-state index contributed by atoms with van der Waals surface area (Å²) in [7, 11) is 0. The Morgan fingerprint density at radius 3 is 2.37 bits per heavy atom. The molecule has 0 heterocycles. The molecule has 1 atom stereocenters. The van der Waals surface area contributed by atoms with Crippen molar-refractivity contribution in [3.05, 3.63) is 0 Å². The van der Waals surface area contributed by atoms with Crippen LogP contribution in [0.2, 0.25) is 0 Å². The molecule has 0 aliphatic rings. The van der Waals surface area contributed by atoms with E-state index in [9.17, 15) is 9.59 Å². The lowest BCUT2D eigenvalue weighted by atomic mass is 10.1. The Kier molecular flexibility index (Phi) is 7.90. The van der Waals surface area contributed by atoms with Crippen molar-refractivity contribution in [1.82, 2.24) is 10.2 Å². The number of nitrogens with one attached hydrogen (secondary N) is 1. The number of nitrogens with zero attached hydrogens (tertiary/aromatic N) is 1. The summed E-state index contributed by atoms with van der Waals surface area (Å²) < 4.78 is 0. The number of amides is 2. The Morgan fingerprint density at radius 1 is 1.37 bits per heavy atom. The lowest BCUT2D eigenvalue weighted by molar-refractivity contribution is -0.137. The van der Waals surface area contributed by atoms with E-state index in [1.54, 1.807) is 16.7 Å². The molecule has 0 aliphatic heterocycles. The maximum absolute atomic E-state index is 12.2. The first-order chi connectivity index (χ1) is 8.68. The second-order valence-electron chi connectivity index (χ2n) is 5.48. The van der Waals surface area contributed by atoms with Gasteiger partial charge in [0, 0.05) is 23.9 Å². The number of thioether (sulfide) groups is 1. The first-order valence-corrected chi connectivity index (χ1v) is 7.71. The Morgan fingerprint density at radius 2 is 1.95 bits per heavy atom. The summed E-state index contributed by atoms with van der Waals surface area (Å²) >= 11 is 1.77. The molecule has 1 unspecified atom stereocenters. The molecule has 0 saturated carbocycles. The van der Waals surface area contributed by atoms with Crippen LogP contribution in [0.1, 0.15) is 41.0 Å². The van der Waals surface area contributed by atoms with E-state index in [0.29, 0.717) is 0 Å². The van der Waals surface area contributed by atoms with Gasteiger partial charge in [-0.25, -0.2) is 4.79 Å². The highest BCUT2D eigenvalue weighted by molar-refractivity contribution is 7.99. The van der Waals surface area contributed by atoms with Gasteiger partial charge in [-0.15, -0.1) is 0 Å². The van der Waals surface area contributed by atoms with Crippen LogP contribution in [0.25, 0.3) is 0 Å². The molecule has 0 bridgehead atoms. The van der Waals surface area contributed by atoms with Crippen LogP contribution in [-0.4, -0.2) is 51.6 Å². The molecule has 19 heavy (non-hydrogen) atoms. The number of hydrogen-bond donors (Lipinski definition) is 2. The third-order valence-electron chi connectivity index (χ3n) is 2.55. The Hall–Kier alpha value is -0.910. The topological polar surface area (TPSA) is 69.6 Å². The zero-order chi connectivity index (χ0) is 15.1. The quantitative estimate of drug-likeness (QED) is 0.755. The van der Waals surface area contributed by atoms with Crippen LogP contribution in [0.15, 0.2) is 0 Å². The van der Waals surface area contributed by atoms with Gasteiger partial charge in [-0.3, -0.25) is 4.79 Å². The molecule has 0 fully saturated rings. The molecule has 5 nitrogen and oxygen atoms in total. The molecule has 0 rings (SSSR count). The lowest BCUT2D eigenvalue weighted by Crippen LogP contribution is -2.53. The first-order valence-electron chi connectivity index (χ1n) is 6.56. The van der Waals surface area contributed by atoms with Crippen LogP contribution in [0.4, 0.5) is 4.79 Å². The van der Waals surface area contributed by atoms with E-state index in [-0.39, 0.29) is 25.0 Å². The van der Waals surface area contributed by atoms with Gasteiger partial charge < -0.3 is 15.3 Å². The van der Waals surface area contributed by atoms with Gasteiger partial charge in [0.15, 0.2) is 0 Å². The zero-order valence-corrected chi connectivity index (χ0v) is 13.3. The molecule has 6 heteroatoms. The van der Waals surface area contributed by atoms with Crippen LogP contribution in [0.3, 0.4) is 0 Å². The number of carboxylic acid groups (broad SMARTS) is 1. The molecule has 2 amide bonds. The van der Waals surface area contributed by atoms with E-state index in [4.69, 9.17) is 5.11 Å². The van der Waals surface area contributed by atoms with Crippen LogP contribution in [-0.2, 0) is 4.79 Å². The first kappa shape index (κ1) is 18.1. The summed E-state index contributed by atoms with van der Waals surface area (Å²) in [5.41, 5.74) is -0.392. The molecule has 2 N–H and O–H groups in total. The van der Waals surface area contributed by atoms with E-state index in [1.165, 1.54) is 0 Å². The van der Waals surface area contributed by atoms with Crippen molar-refractivity contribution < 1.29 is 14.7 Å². The lowest BCUT2D eigenvalue weighted by Gasteiger charge is -2.36. The van der Waals surface area contributed by atoms with Crippen LogP contribution < -0.4 is 5.32 Å².